The van der Waals surface area contributed by atoms with Crippen LogP contribution in [0, 0.1) is 17.5 Å². The third-order valence-electron chi connectivity index (χ3n) is 4.28. The van der Waals surface area contributed by atoms with Gasteiger partial charge >= 0.3 is 0 Å². The van der Waals surface area contributed by atoms with Crippen molar-refractivity contribution in [3.05, 3.63) is 59.9 Å². The first-order valence-corrected chi connectivity index (χ1v) is 9.93. The number of carbonyl (C=O) groups excluding carboxylic acids is 2. The number of hydrogen-bond donors (Lipinski definition) is 2. The summed E-state index contributed by atoms with van der Waals surface area (Å²) >= 11 is 0. The molecular formula is C18H16F3N3O4S. The molecule has 7 nitrogen and oxygen atoms in total. The van der Waals surface area contributed by atoms with E-state index in [0.717, 1.165) is 4.31 Å². The molecule has 1 heterocycles. The van der Waals surface area contributed by atoms with Gasteiger partial charge in [0.25, 0.3) is 0 Å². The number of amides is 2. The minimum atomic E-state index is -4.06. The van der Waals surface area contributed by atoms with Crippen LogP contribution in [-0.2, 0) is 19.6 Å². The zero-order chi connectivity index (χ0) is 21.2. The normalized spacial score (nSPS) is 17.6. The fourth-order valence-corrected chi connectivity index (χ4v) is 4.53. The summed E-state index contributed by atoms with van der Waals surface area (Å²) in [7, 11) is -4.06. The highest BCUT2D eigenvalue weighted by molar-refractivity contribution is 7.89. The molecule has 0 aromatic heterocycles. The molecule has 0 saturated carbocycles. The van der Waals surface area contributed by atoms with E-state index in [4.69, 9.17) is 0 Å². The second kappa shape index (κ2) is 8.21. The van der Waals surface area contributed by atoms with Crippen molar-refractivity contribution >= 4 is 27.5 Å². The Morgan fingerprint density at radius 1 is 1.14 bits per heavy atom. The van der Waals surface area contributed by atoms with E-state index in [1.807, 2.05) is 0 Å². The highest BCUT2D eigenvalue weighted by atomic mass is 32.2. The number of nitrogens with one attached hydrogen (secondary N) is 2. The zero-order valence-electron chi connectivity index (χ0n) is 14.9. The van der Waals surface area contributed by atoms with Gasteiger partial charge in [0.1, 0.15) is 6.04 Å². The van der Waals surface area contributed by atoms with Crippen molar-refractivity contribution in [2.24, 2.45) is 0 Å². The van der Waals surface area contributed by atoms with Crippen molar-refractivity contribution < 1.29 is 31.2 Å². The molecule has 1 fully saturated rings. The number of rotatable bonds is 5. The molecule has 11 heteroatoms. The Labute approximate surface area is 164 Å². The smallest absolute Gasteiger partial charge is 0.243 e. The van der Waals surface area contributed by atoms with Crippen molar-refractivity contribution in [2.45, 2.75) is 17.4 Å². The van der Waals surface area contributed by atoms with Crippen molar-refractivity contribution in [2.75, 3.05) is 18.4 Å². The molecule has 0 unspecified atom stereocenters. The van der Waals surface area contributed by atoms with E-state index in [0.29, 0.717) is 12.1 Å². The number of halogens is 3. The average molecular weight is 427 g/mol. The molecule has 29 heavy (non-hydrogen) atoms. The molecule has 0 aliphatic carbocycles. The summed E-state index contributed by atoms with van der Waals surface area (Å²) in [6, 6.07) is 7.21. The molecule has 0 bridgehead atoms. The van der Waals surface area contributed by atoms with Crippen molar-refractivity contribution in [1.82, 2.24) is 9.62 Å². The summed E-state index contributed by atoms with van der Waals surface area (Å²) in [5.41, 5.74) is -0.361. The van der Waals surface area contributed by atoms with Gasteiger partial charge < -0.3 is 10.6 Å². The second-order valence-electron chi connectivity index (χ2n) is 6.24. The fraction of sp³-hybridized carbons (Fsp3) is 0.222. The summed E-state index contributed by atoms with van der Waals surface area (Å²) in [5.74, 6) is -6.23. The van der Waals surface area contributed by atoms with E-state index in [9.17, 15) is 31.2 Å². The van der Waals surface area contributed by atoms with Crippen LogP contribution in [0.1, 0.15) is 6.42 Å². The Bertz CT molecular complexity index is 1020. The fourth-order valence-electron chi connectivity index (χ4n) is 2.92. The molecule has 1 aliphatic heterocycles. The lowest BCUT2D eigenvalue weighted by molar-refractivity contribution is -0.130. The van der Waals surface area contributed by atoms with E-state index < -0.39 is 51.8 Å². The summed E-state index contributed by atoms with van der Waals surface area (Å²) in [4.78, 5) is 24.5. The summed E-state index contributed by atoms with van der Waals surface area (Å²) < 4.78 is 66.3. The Morgan fingerprint density at radius 3 is 2.38 bits per heavy atom. The largest absolute Gasteiger partial charge is 0.353 e. The molecule has 2 N–H and O–H groups in total. The SMILES string of the molecule is O=C(C[C@@H]1C(=O)NCCN1S(=O)(=O)c1ccccc1)Nc1cc(F)c(F)c(F)c1. The molecule has 154 valence electrons. The topological polar surface area (TPSA) is 95.6 Å². The van der Waals surface area contributed by atoms with Gasteiger partial charge in [-0.15, -0.1) is 0 Å². The van der Waals surface area contributed by atoms with Crippen LogP contribution in [0.3, 0.4) is 0 Å². The number of carbonyl (C=O) groups is 2. The van der Waals surface area contributed by atoms with Gasteiger partial charge in [-0.2, -0.15) is 4.31 Å². The Hall–Kier alpha value is -2.92. The molecule has 0 radical (unpaired) electrons. The number of nitrogens with zero attached hydrogens (tertiary/aromatic N) is 1. The number of piperazine rings is 1. The highest BCUT2D eigenvalue weighted by Crippen LogP contribution is 2.22. The van der Waals surface area contributed by atoms with Gasteiger partial charge in [-0.3, -0.25) is 9.59 Å². The minimum absolute atomic E-state index is 0.0391. The maximum Gasteiger partial charge on any atom is 0.243 e. The zero-order valence-corrected chi connectivity index (χ0v) is 15.7. The average Bonchev–Trinajstić information content (AvgIpc) is 2.68. The van der Waals surface area contributed by atoms with Crippen molar-refractivity contribution in [3.8, 4) is 0 Å². The lowest BCUT2D eigenvalue weighted by Crippen LogP contribution is -2.57. The lowest BCUT2D eigenvalue weighted by Gasteiger charge is -2.33. The van der Waals surface area contributed by atoms with Crippen LogP contribution in [0.5, 0.6) is 0 Å². The third kappa shape index (κ3) is 4.40. The minimum Gasteiger partial charge on any atom is -0.353 e. The van der Waals surface area contributed by atoms with E-state index in [1.165, 1.54) is 24.3 Å². The quantitative estimate of drug-likeness (QED) is 0.709. The molecule has 2 aromatic rings. The summed E-state index contributed by atoms with van der Waals surface area (Å²) in [5, 5.41) is 4.63. The van der Waals surface area contributed by atoms with Gasteiger partial charge in [0.15, 0.2) is 17.5 Å². The van der Waals surface area contributed by atoms with Gasteiger partial charge in [-0.05, 0) is 12.1 Å². The molecule has 0 spiro atoms. The summed E-state index contributed by atoms with van der Waals surface area (Å²) in [6.07, 6.45) is -0.599. The molecular weight excluding hydrogens is 411 g/mol. The molecule has 1 atom stereocenters. The van der Waals surface area contributed by atoms with E-state index in [1.54, 1.807) is 6.07 Å². The first-order valence-electron chi connectivity index (χ1n) is 8.49. The monoisotopic (exact) mass is 427 g/mol. The highest BCUT2D eigenvalue weighted by Gasteiger charge is 2.39. The Kier molecular flexibility index (Phi) is 5.89. The first-order chi connectivity index (χ1) is 13.7. The predicted octanol–water partition coefficient (Wildman–Crippen LogP) is 1.62. The van der Waals surface area contributed by atoms with Crippen molar-refractivity contribution in [1.29, 1.82) is 0 Å². The molecule has 2 aromatic carbocycles. The predicted molar refractivity (Wildman–Crippen MR) is 96.7 cm³/mol. The first kappa shape index (κ1) is 20.8. The van der Waals surface area contributed by atoms with Crippen LogP contribution >= 0.6 is 0 Å². The van der Waals surface area contributed by atoms with Gasteiger partial charge in [0.2, 0.25) is 21.8 Å². The van der Waals surface area contributed by atoms with E-state index >= 15 is 0 Å². The van der Waals surface area contributed by atoms with Gasteiger partial charge in [0, 0.05) is 30.9 Å². The number of benzene rings is 2. The molecule has 1 aliphatic rings. The molecule has 1 saturated heterocycles. The van der Waals surface area contributed by atoms with Gasteiger partial charge in [-0.25, -0.2) is 21.6 Å². The van der Waals surface area contributed by atoms with Gasteiger partial charge in [-0.1, -0.05) is 18.2 Å². The lowest BCUT2D eigenvalue weighted by atomic mass is 10.1. The Balaban J connectivity index is 1.81. The van der Waals surface area contributed by atoms with Gasteiger partial charge in [0.05, 0.1) is 11.3 Å². The van der Waals surface area contributed by atoms with Crippen LogP contribution in [-0.4, -0.2) is 43.7 Å². The summed E-state index contributed by atoms with van der Waals surface area (Å²) in [6.45, 7) is 0.0120. The van der Waals surface area contributed by atoms with Crippen LogP contribution < -0.4 is 10.6 Å². The van der Waals surface area contributed by atoms with Crippen LogP contribution in [0.2, 0.25) is 0 Å². The Morgan fingerprint density at radius 2 is 1.76 bits per heavy atom. The number of anilines is 1. The number of sulfonamides is 1. The molecule has 3 rings (SSSR count). The van der Waals surface area contributed by atoms with E-state index in [-0.39, 0.29) is 23.7 Å². The second-order valence-corrected chi connectivity index (χ2v) is 8.13. The number of hydrogen-bond acceptors (Lipinski definition) is 4. The maximum atomic E-state index is 13.3. The van der Waals surface area contributed by atoms with Crippen LogP contribution in [0.15, 0.2) is 47.4 Å². The maximum absolute atomic E-state index is 13.3. The van der Waals surface area contributed by atoms with Crippen LogP contribution in [0.4, 0.5) is 18.9 Å². The van der Waals surface area contributed by atoms with E-state index in [2.05, 4.69) is 10.6 Å². The van der Waals surface area contributed by atoms with Crippen LogP contribution in [0.25, 0.3) is 0 Å². The molecule has 2 amide bonds. The third-order valence-corrected chi connectivity index (χ3v) is 6.20. The standard InChI is InChI=1S/C18H16F3N3O4S/c19-13-8-11(9-14(20)17(13)21)23-16(25)10-15-18(26)22-6-7-24(15)29(27,28)12-4-2-1-3-5-12/h1-5,8-9,15H,6-7,10H2,(H,22,26)(H,23,25)/t15-/m1/s1. The van der Waals surface area contributed by atoms with Crippen molar-refractivity contribution in [3.63, 3.8) is 0 Å².